The van der Waals surface area contributed by atoms with Crippen LogP contribution in [0.4, 0.5) is 5.69 Å². The highest BCUT2D eigenvalue weighted by Gasteiger charge is 2.38. The Morgan fingerprint density at radius 3 is 2.31 bits per heavy atom. The van der Waals surface area contributed by atoms with Crippen molar-refractivity contribution < 1.29 is 14.3 Å². The molecular weight excluding hydrogens is 364 g/mol. The normalized spacial score (nSPS) is 14.2. The van der Waals surface area contributed by atoms with Crippen LogP contribution in [0.25, 0.3) is 5.57 Å². The molecule has 0 saturated heterocycles. The fraction of sp³-hybridized carbons (Fsp3) is 0.333. The topological polar surface area (TPSA) is 58.6 Å². The quantitative estimate of drug-likeness (QED) is 0.695. The molecule has 1 aliphatic rings. The number of hydrogen-bond acceptors (Lipinski definition) is 4. The number of carbonyl (C=O) groups is 2. The first kappa shape index (κ1) is 20.6. The monoisotopic (exact) mass is 392 g/mol. The van der Waals surface area contributed by atoms with Crippen LogP contribution in [-0.2, 0) is 9.59 Å². The predicted molar refractivity (Wildman–Crippen MR) is 116 cm³/mol. The molecule has 5 heteroatoms. The van der Waals surface area contributed by atoms with Gasteiger partial charge in [-0.25, -0.2) is 0 Å². The number of carbonyl (C=O) groups excluding carboxylic acids is 2. The van der Waals surface area contributed by atoms with E-state index in [1.165, 1.54) is 4.90 Å². The van der Waals surface area contributed by atoms with E-state index in [-0.39, 0.29) is 17.9 Å². The molecule has 1 N–H and O–H groups in total. The second kappa shape index (κ2) is 8.52. The predicted octanol–water partition coefficient (Wildman–Crippen LogP) is 4.69. The van der Waals surface area contributed by atoms with Crippen molar-refractivity contribution in [3.8, 4) is 5.75 Å². The maximum Gasteiger partial charge on any atom is 0.278 e. The van der Waals surface area contributed by atoms with Gasteiger partial charge in [0.1, 0.15) is 11.4 Å². The first-order chi connectivity index (χ1) is 13.8. The zero-order chi connectivity index (χ0) is 21.1. The summed E-state index contributed by atoms with van der Waals surface area (Å²) in [7, 11) is 0. The SMILES string of the molecule is CCCN1C(=O)C(Nc2cc(C)ccc2C)=C(c2ccc(OC(C)C)cc2)C1=O. The molecule has 0 aliphatic carbocycles. The van der Waals surface area contributed by atoms with Gasteiger partial charge in [0, 0.05) is 12.2 Å². The lowest BCUT2D eigenvalue weighted by Crippen LogP contribution is -2.33. The number of ether oxygens (including phenoxy) is 1. The number of amides is 2. The summed E-state index contributed by atoms with van der Waals surface area (Å²) in [5.41, 5.74) is 4.35. The van der Waals surface area contributed by atoms with Gasteiger partial charge in [0.15, 0.2) is 0 Å². The molecule has 0 spiro atoms. The van der Waals surface area contributed by atoms with Crippen molar-refractivity contribution in [3.63, 3.8) is 0 Å². The first-order valence-electron chi connectivity index (χ1n) is 10.0. The number of nitrogens with one attached hydrogen (secondary N) is 1. The molecule has 0 unspecified atom stereocenters. The van der Waals surface area contributed by atoms with E-state index >= 15 is 0 Å². The molecule has 2 amide bonds. The van der Waals surface area contributed by atoms with E-state index < -0.39 is 0 Å². The van der Waals surface area contributed by atoms with Crippen molar-refractivity contribution >= 4 is 23.1 Å². The molecule has 2 aromatic rings. The maximum atomic E-state index is 13.1. The second-order valence-electron chi connectivity index (χ2n) is 7.65. The Balaban J connectivity index is 2.04. The van der Waals surface area contributed by atoms with Crippen LogP contribution < -0.4 is 10.1 Å². The largest absolute Gasteiger partial charge is 0.491 e. The number of imide groups is 1. The summed E-state index contributed by atoms with van der Waals surface area (Å²) in [6, 6.07) is 13.3. The summed E-state index contributed by atoms with van der Waals surface area (Å²) in [6.07, 6.45) is 0.777. The molecule has 152 valence electrons. The van der Waals surface area contributed by atoms with E-state index in [1.54, 1.807) is 0 Å². The van der Waals surface area contributed by atoms with Gasteiger partial charge in [0.2, 0.25) is 0 Å². The van der Waals surface area contributed by atoms with E-state index in [0.717, 1.165) is 22.6 Å². The lowest BCUT2D eigenvalue weighted by molar-refractivity contribution is -0.136. The van der Waals surface area contributed by atoms with Gasteiger partial charge in [-0.3, -0.25) is 14.5 Å². The highest BCUT2D eigenvalue weighted by Crippen LogP contribution is 2.32. The zero-order valence-electron chi connectivity index (χ0n) is 17.7. The molecule has 0 fully saturated rings. The van der Waals surface area contributed by atoms with Crippen molar-refractivity contribution in [3.05, 3.63) is 64.9 Å². The van der Waals surface area contributed by atoms with E-state index in [4.69, 9.17) is 4.74 Å². The summed E-state index contributed by atoms with van der Waals surface area (Å²) in [5, 5.41) is 3.25. The van der Waals surface area contributed by atoms with Crippen LogP contribution in [0.15, 0.2) is 48.2 Å². The van der Waals surface area contributed by atoms with Crippen molar-refractivity contribution in [1.82, 2.24) is 4.90 Å². The lowest BCUT2D eigenvalue weighted by Gasteiger charge is -2.14. The molecule has 29 heavy (non-hydrogen) atoms. The molecule has 5 nitrogen and oxygen atoms in total. The standard InChI is InChI=1S/C24H28N2O3/c1-6-13-26-23(27)21(18-9-11-19(12-10-18)29-15(2)3)22(24(26)28)25-20-14-16(4)7-8-17(20)5/h7-12,14-15,25H,6,13H2,1-5H3. The highest BCUT2D eigenvalue weighted by atomic mass is 16.5. The van der Waals surface area contributed by atoms with Gasteiger partial charge >= 0.3 is 0 Å². The average Bonchev–Trinajstić information content (AvgIpc) is 2.90. The third kappa shape index (κ3) is 4.34. The van der Waals surface area contributed by atoms with E-state index in [0.29, 0.717) is 29.8 Å². The molecule has 3 rings (SSSR count). The number of anilines is 1. The Labute approximate surface area is 172 Å². The summed E-state index contributed by atoms with van der Waals surface area (Å²) in [5.74, 6) is 0.188. The van der Waals surface area contributed by atoms with Crippen LogP contribution in [0.5, 0.6) is 5.75 Å². The van der Waals surface area contributed by atoms with Gasteiger partial charge in [0.05, 0.1) is 11.7 Å². The molecule has 0 saturated carbocycles. The van der Waals surface area contributed by atoms with Gasteiger partial charge < -0.3 is 10.1 Å². The van der Waals surface area contributed by atoms with Crippen LogP contribution in [0.1, 0.15) is 43.9 Å². The molecule has 1 heterocycles. The van der Waals surface area contributed by atoms with Gasteiger partial charge in [-0.15, -0.1) is 0 Å². The fourth-order valence-corrected chi connectivity index (χ4v) is 3.36. The highest BCUT2D eigenvalue weighted by molar-refractivity contribution is 6.36. The van der Waals surface area contributed by atoms with E-state index in [9.17, 15) is 9.59 Å². The third-order valence-corrected chi connectivity index (χ3v) is 4.78. The molecule has 0 aromatic heterocycles. The minimum absolute atomic E-state index is 0.0660. The van der Waals surface area contributed by atoms with Crippen molar-refractivity contribution in [2.45, 2.75) is 47.1 Å². The Bertz CT molecular complexity index is 959. The smallest absolute Gasteiger partial charge is 0.278 e. The number of benzene rings is 2. The minimum Gasteiger partial charge on any atom is -0.491 e. The molecule has 0 radical (unpaired) electrons. The zero-order valence-corrected chi connectivity index (χ0v) is 17.7. The average molecular weight is 392 g/mol. The van der Waals surface area contributed by atoms with Crippen molar-refractivity contribution in [1.29, 1.82) is 0 Å². The summed E-state index contributed by atoms with van der Waals surface area (Å²) in [6.45, 7) is 10.3. The first-order valence-corrected chi connectivity index (χ1v) is 10.0. The summed E-state index contributed by atoms with van der Waals surface area (Å²) in [4.78, 5) is 27.5. The molecule has 0 bridgehead atoms. The Hall–Kier alpha value is -3.08. The molecular formula is C24H28N2O3. The lowest BCUT2D eigenvalue weighted by atomic mass is 10.0. The number of rotatable bonds is 7. The Morgan fingerprint density at radius 1 is 1.00 bits per heavy atom. The Morgan fingerprint density at radius 2 is 1.69 bits per heavy atom. The van der Waals surface area contributed by atoms with E-state index in [1.807, 2.05) is 77.1 Å². The van der Waals surface area contributed by atoms with E-state index in [2.05, 4.69) is 5.32 Å². The Kier molecular flexibility index (Phi) is 6.06. The van der Waals surface area contributed by atoms with Crippen molar-refractivity contribution in [2.75, 3.05) is 11.9 Å². The van der Waals surface area contributed by atoms with Crippen LogP contribution in [0, 0.1) is 13.8 Å². The molecule has 0 atom stereocenters. The fourth-order valence-electron chi connectivity index (χ4n) is 3.36. The van der Waals surface area contributed by atoms with Gasteiger partial charge in [-0.05, 0) is 69.0 Å². The third-order valence-electron chi connectivity index (χ3n) is 4.78. The number of aryl methyl sites for hydroxylation is 2. The van der Waals surface area contributed by atoms with Gasteiger partial charge in [0.25, 0.3) is 11.8 Å². The summed E-state index contributed by atoms with van der Waals surface area (Å²) < 4.78 is 5.70. The van der Waals surface area contributed by atoms with Crippen molar-refractivity contribution in [2.24, 2.45) is 0 Å². The van der Waals surface area contributed by atoms with Crippen LogP contribution >= 0.6 is 0 Å². The maximum absolute atomic E-state index is 13.1. The summed E-state index contributed by atoms with van der Waals surface area (Å²) >= 11 is 0. The molecule has 2 aromatic carbocycles. The van der Waals surface area contributed by atoms with Crippen LogP contribution in [0.2, 0.25) is 0 Å². The number of nitrogens with zero attached hydrogens (tertiary/aromatic N) is 1. The minimum atomic E-state index is -0.282. The molecule has 1 aliphatic heterocycles. The van der Waals surface area contributed by atoms with Crippen LogP contribution in [-0.4, -0.2) is 29.4 Å². The van der Waals surface area contributed by atoms with Gasteiger partial charge in [-0.1, -0.05) is 31.2 Å². The second-order valence-corrected chi connectivity index (χ2v) is 7.65. The van der Waals surface area contributed by atoms with Crippen LogP contribution in [0.3, 0.4) is 0 Å². The van der Waals surface area contributed by atoms with Gasteiger partial charge in [-0.2, -0.15) is 0 Å². The number of hydrogen-bond donors (Lipinski definition) is 1.